The van der Waals surface area contributed by atoms with Crippen molar-refractivity contribution >= 4 is 5.91 Å². The van der Waals surface area contributed by atoms with Crippen LogP contribution in [0.2, 0.25) is 0 Å². The Kier molecular flexibility index (Phi) is 5.58. The largest absolute Gasteiger partial charge is 0.494 e. The van der Waals surface area contributed by atoms with E-state index < -0.39 is 0 Å². The first-order valence-electron chi connectivity index (χ1n) is 9.75. The fourth-order valence-corrected chi connectivity index (χ4v) is 3.66. The number of benzene rings is 2. The number of methoxy groups -OCH3 is 1. The predicted octanol–water partition coefficient (Wildman–Crippen LogP) is 4.11. The predicted molar refractivity (Wildman–Crippen MR) is 112 cm³/mol. The van der Waals surface area contributed by atoms with Crippen molar-refractivity contribution in [2.45, 2.75) is 19.4 Å². The molecule has 29 heavy (non-hydrogen) atoms. The van der Waals surface area contributed by atoms with Gasteiger partial charge in [-0.05, 0) is 48.7 Å². The molecule has 1 N–H and O–H groups in total. The summed E-state index contributed by atoms with van der Waals surface area (Å²) in [5, 5.41) is 3.01. The number of ether oxygens (including phenoxy) is 2. The van der Waals surface area contributed by atoms with E-state index in [0.717, 1.165) is 28.9 Å². The summed E-state index contributed by atoms with van der Waals surface area (Å²) in [6.45, 7) is 3.04. The van der Waals surface area contributed by atoms with Crippen LogP contribution in [-0.4, -0.2) is 31.2 Å². The maximum Gasteiger partial charge on any atom is 0.251 e. The summed E-state index contributed by atoms with van der Waals surface area (Å²) in [7, 11) is 1.62. The number of rotatable bonds is 5. The van der Waals surface area contributed by atoms with Gasteiger partial charge in [0.05, 0.1) is 13.7 Å². The molecule has 148 valence electrons. The van der Waals surface area contributed by atoms with Crippen molar-refractivity contribution < 1.29 is 14.3 Å². The molecule has 1 aromatic heterocycles. The molecule has 0 radical (unpaired) electrons. The number of aromatic nitrogens is 1. The zero-order chi connectivity index (χ0) is 20.2. The topological polar surface area (TPSA) is 60.5 Å². The molecule has 4 rings (SSSR count). The van der Waals surface area contributed by atoms with Crippen LogP contribution in [0.25, 0.3) is 11.3 Å². The molecule has 2 heterocycles. The summed E-state index contributed by atoms with van der Waals surface area (Å²) in [5.41, 5.74) is 5.49. The van der Waals surface area contributed by atoms with Crippen LogP contribution in [0.4, 0.5) is 0 Å². The maximum atomic E-state index is 12.8. The number of nitrogens with zero attached hydrogens (tertiary/aromatic N) is 1. The van der Waals surface area contributed by atoms with E-state index in [1.54, 1.807) is 13.2 Å². The summed E-state index contributed by atoms with van der Waals surface area (Å²) in [5.74, 6) is 0.547. The van der Waals surface area contributed by atoms with E-state index in [1.165, 1.54) is 5.56 Å². The Morgan fingerprint density at radius 3 is 2.90 bits per heavy atom. The fraction of sp³-hybridized carbons (Fsp3) is 0.250. The first kappa shape index (κ1) is 19.2. The standard InChI is InChI=1S/C24H24N2O3/c1-16-10-11-21(28-2)23(26-16)18-7-5-8-19(14-18)24(27)25-15-22-20-9-4-3-6-17(20)12-13-29-22/h3-11,14,22H,12-13,15H2,1-2H3,(H,25,27)/t22-/m1/s1. The van der Waals surface area contributed by atoms with Gasteiger partial charge in [0.1, 0.15) is 17.5 Å². The van der Waals surface area contributed by atoms with E-state index in [9.17, 15) is 4.79 Å². The number of hydrogen-bond donors (Lipinski definition) is 1. The molecule has 0 unspecified atom stereocenters. The smallest absolute Gasteiger partial charge is 0.251 e. The fourth-order valence-electron chi connectivity index (χ4n) is 3.66. The third kappa shape index (κ3) is 4.15. The second kappa shape index (κ2) is 8.45. The van der Waals surface area contributed by atoms with Gasteiger partial charge in [-0.15, -0.1) is 0 Å². The lowest BCUT2D eigenvalue weighted by Gasteiger charge is -2.26. The molecule has 5 nitrogen and oxygen atoms in total. The zero-order valence-corrected chi connectivity index (χ0v) is 16.6. The summed E-state index contributed by atoms with van der Waals surface area (Å²) in [6, 6.07) is 19.5. The van der Waals surface area contributed by atoms with Gasteiger partial charge in [0.15, 0.2) is 0 Å². The second-order valence-electron chi connectivity index (χ2n) is 7.10. The number of aryl methyl sites for hydroxylation is 1. The minimum Gasteiger partial charge on any atom is -0.494 e. The van der Waals surface area contributed by atoms with Crippen molar-refractivity contribution in [1.29, 1.82) is 0 Å². The van der Waals surface area contributed by atoms with Gasteiger partial charge in [0, 0.05) is 23.4 Å². The third-order valence-corrected chi connectivity index (χ3v) is 5.16. The van der Waals surface area contributed by atoms with E-state index in [2.05, 4.69) is 22.4 Å². The lowest BCUT2D eigenvalue weighted by Crippen LogP contribution is -2.31. The van der Waals surface area contributed by atoms with Crippen LogP contribution >= 0.6 is 0 Å². The van der Waals surface area contributed by atoms with Gasteiger partial charge in [-0.1, -0.05) is 36.4 Å². The van der Waals surface area contributed by atoms with Crippen molar-refractivity contribution in [2.24, 2.45) is 0 Å². The summed E-state index contributed by atoms with van der Waals surface area (Å²) < 4.78 is 11.3. The van der Waals surface area contributed by atoms with Crippen LogP contribution in [0, 0.1) is 6.92 Å². The molecule has 0 bridgehead atoms. The van der Waals surface area contributed by atoms with Crippen LogP contribution in [0.5, 0.6) is 5.75 Å². The minimum absolute atomic E-state index is 0.120. The first-order valence-corrected chi connectivity index (χ1v) is 9.75. The molecular formula is C24H24N2O3. The SMILES string of the molecule is COc1ccc(C)nc1-c1cccc(C(=O)NC[C@H]2OCCc3ccccc32)c1. The maximum absolute atomic E-state index is 12.8. The first-order chi connectivity index (χ1) is 14.2. The van der Waals surface area contributed by atoms with Gasteiger partial charge < -0.3 is 14.8 Å². The van der Waals surface area contributed by atoms with E-state index in [0.29, 0.717) is 24.5 Å². The Hall–Kier alpha value is -3.18. The summed E-state index contributed by atoms with van der Waals surface area (Å²) in [4.78, 5) is 17.4. The average molecular weight is 388 g/mol. The van der Waals surface area contributed by atoms with E-state index in [1.807, 2.05) is 49.4 Å². The van der Waals surface area contributed by atoms with Gasteiger partial charge in [-0.2, -0.15) is 0 Å². The van der Waals surface area contributed by atoms with Crippen LogP contribution in [0.1, 0.15) is 33.3 Å². The second-order valence-corrected chi connectivity index (χ2v) is 7.10. The van der Waals surface area contributed by atoms with Crippen LogP contribution in [0.3, 0.4) is 0 Å². The summed E-state index contributed by atoms with van der Waals surface area (Å²) in [6.07, 6.45) is 0.791. The van der Waals surface area contributed by atoms with E-state index in [-0.39, 0.29) is 12.0 Å². The molecule has 0 fully saturated rings. The molecule has 1 atom stereocenters. The van der Waals surface area contributed by atoms with Crippen molar-refractivity contribution in [1.82, 2.24) is 10.3 Å². The zero-order valence-electron chi connectivity index (χ0n) is 16.6. The number of hydrogen-bond acceptors (Lipinski definition) is 4. The summed E-state index contributed by atoms with van der Waals surface area (Å²) >= 11 is 0. The lowest BCUT2D eigenvalue weighted by atomic mass is 9.97. The minimum atomic E-state index is -0.134. The number of carbonyl (C=O) groups is 1. The average Bonchev–Trinajstić information content (AvgIpc) is 2.77. The molecule has 1 aliphatic rings. The Bertz CT molecular complexity index is 1030. The van der Waals surface area contributed by atoms with Crippen molar-refractivity contribution in [3.05, 3.63) is 83.0 Å². The highest BCUT2D eigenvalue weighted by atomic mass is 16.5. The van der Waals surface area contributed by atoms with Crippen molar-refractivity contribution in [3.8, 4) is 17.0 Å². The van der Waals surface area contributed by atoms with Gasteiger partial charge in [0.2, 0.25) is 0 Å². The number of fused-ring (bicyclic) bond motifs is 1. The highest BCUT2D eigenvalue weighted by molar-refractivity contribution is 5.95. The molecule has 5 heteroatoms. The number of nitrogens with one attached hydrogen (secondary N) is 1. The highest BCUT2D eigenvalue weighted by Gasteiger charge is 2.21. The van der Waals surface area contributed by atoms with Gasteiger partial charge in [-0.25, -0.2) is 4.98 Å². The molecular weight excluding hydrogens is 364 g/mol. The third-order valence-electron chi connectivity index (χ3n) is 5.16. The van der Waals surface area contributed by atoms with E-state index >= 15 is 0 Å². The van der Waals surface area contributed by atoms with E-state index in [4.69, 9.17) is 9.47 Å². The molecule has 1 aliphatic heterocycles. The van der Waals surface area contributed by atoms with Gasteiger partial charge in [0.25, 0.3) is 5.91 Å². The normalized spacial score (nSPS) is 15.4. The van der Waals surface area contributed by atoms with Gasteiger partial charge >= 0.3 is 0 Å². The van der Waals surface area contributed by atoms with Crippen LogP contribution in [0.15, 0.2) is 60.7 Å². The number of pyridine rings is 1. The van der Waals surface area contributed by atoms with Crippen LogP contribution in [-0.2, 0) is 11.2 Å². The molecule has 0 aliphatic carbocycles. The quantitative estimate of drug-likeness (QED) is 0.715. The Balaban J connectivity index is 1.51. The highest BCUT2D eigenvalue weighted by Crippen LogP contribution is 2.29. The number of amides is 1. The monoisotopic (exact) mass is 388 g/mol. The molecule has 0 saturated carbocycles. The molecule has 1 amide bonds. The Labute approximate surface area is 170 Å². The lowest BCUT2D eigenvalue weighted by molar-refractivity contribution is 0.0411. The Morgan fingerprint density at radius 1 is 1.17 bits per heavy atom. The van der Waals surface area contributed by atoms with Gasteiger partial charge in [-0.3, -0.25) is 4.79 Å². The molecule has 0 saturated heterocycles. The van der Waals surface area contributed by atoms with Crippen molar-refractivity contribution in [3.63, 3.8) is 0 Å². The molecule has 0 spiro atoms. The Morgan fingerprint density at radius 2 is 2.03 bits per heavy atom. The number of carbonyl (C=O) groups excluding carboxylic acids is 1. The van der Waals surface area contributed by atoms with Crippen molar-refractivity contribution in [2.75, 3.05) is 20.3 Å². The molecule has 3 aromatic rings. The van der Waals surface area contributed by atoms with Crippen LogP contribution < -0.4 is 10.1 Å². The molecule has 2 aromatic carbocycles.